The molecule has 142 valence electrons. The van der Waals surface area contributed by atoms with Gasteiger partial charge in [0.05, 0.1) is 18.5 Å². The molecule has 4 unspecified atom stereocenters. The Morgan fingerprint density at radius 2 is 2.00 bits per heavy atom. The van der Waals surface area contributed by atoms with Crippen LogP contribution in [0.25, 0.3) is 0 Å². The van der Waals surface area contributed by atoms with Gasteiger partial charge in [-0.25, -0.2) is 9.48 Å². The lowest BCUT2D eigenvalue weighted by Gasteiger charge is -2.13. The van der Waals surface area contributed by atoms with Gasteiger partial charge >= 0.3 is 5.69 Å². The Balaban J connectivity index is 1.61. The van der Waals surface area contributed by atoms with Crippen molar-refractivity contribution in [2.45, 2.75) is 50.7 Å². The summed E-state index contributed by atoms with van der Waals surface area (Å²) in [5.74, 6) is 0. The summed E-state index contributed by atoms with van der Waals surface area (Å²) < 4.78 is 6.68. The number of H-pyrrole nitrogens is 2. The van der Waals surface area contributed by atoms with E-state index in [2.05, 4.69) is 20.3 Å². The molecule has 2 aromatic rings. The topological polar surface area (TPSA) is 166 Å². The molecule has 1 saturated heterocycles. The summed E-state index contributed by atoms with van der Waals surface area (Å²) in [6, 6.07) is 0. The minimum Gasteiger partial charge on any atom is -0.394 e. The molecule has 3 heterocycles. The summed E-state index contributed by atoms with van der Waals surface area (Å²) in [6.45, 7) is 1.26. The van der Waals surface area contributed by atoms with Crippen molar-refractivity contribution in [2.75, 3.05) is 6.61 Å². The van der Waals surface area contributed by atoms with Crippen LogP contribution >= 0.6 is 0 Å². The molecule has 0 bridgehead atoms. The molecule has 0 aliphatic carbocycles. The summed E-state index contributed by atoms with van der Waals surface area (Å²) in [7, 11) is 0. The molecule has 26 heavy (non-hydrogen) atoms. The third-order valence-electron chi connectivity index (χ3n) is 4.45. The highest BCUT2D eigenvalue weighted by molar-refractivity contribution is 5.14. The number of rotatable bonds is 6. The first-order chi connectivity index (χ1) is 12.4. The van der Waals surface area contributed by atoms with Crippen molar-refractivity contribution in [1.82, 2.24) is 25.0 Å². The standard InChI is InChI=1S/C15H21N5O6/c1-7-9(13(24)17-15(25)16-7)4-2-3-8-5-20(19-18-8)14-12(23)11(22)10(6-21)26-14/h5,10-12,14,21-23H,2-4,6H2,1H3,(H2,16,17,24,25). The zero-order valence-electron chi connectivity index (χ0n) is 14.1. The van der Waals surface area contributed by atoms with Gasteiger partial charge in [0.2, 0.25) is 0 Å². The van der Waals surface area contributed by atoms with Crippen molar-refractivity contribution >= 4 is 0 Å². The van der Waals surface area contributed by atoms with Crippen molar-refractivity contribution in [3.63, 3.8) is 0 Å². The number of hydrogen-bond donors (Lipinski definition) is 5. The summed E-state index contributed by atoms with van der Waals surface area (Å²) in [5, 5.41) is 36.8. The first kappa shape index (κ1) is 18.5. The van der Waals surface area contributed by atoms with Crippen LogP contribution in [0.5, 0.6) is 0 Å². The van der Waals surface area contributed by atoms with E-state index in [-0.39, 0.29) is 0 Å². The lowest BCUT2D eigenvalue weighted by atomic mass is 10.1. The molecule has 4 atom stereocenters. The maximum absolute atomic E-state index is 11.8. The van der Waals surface area contributed by atoms with Crippen LogP contribution in [0.15, 0.2) is 15.8 Å². The van der Waals surface area contributed by atoms with Gasteiger partial charge < -0.3 is 25.0 Å². The Labute approximate surface area is 147 Å². The molecule has 1 fully saturated rings. The molecule has 0 amide bonds. The van der Waals surface area contributed by atoms with Crippen LogP contribution in [0, 0.1) is 6.92 Å². The fourth-order valence-corrected chi connectivity index (χ4v) is 3.02. The Morgan fingerprint density at radius 1 is 1.23 bits per heavy atom. The second kappa shape index (κ2) is 7.50. The summed E-state index contributed by atoms with van der Waals surface area (Å²) in [6.07, 6.45) is -1.05. The zero-order valence-corrected chi connectivity index (χ0v) is 14.1. The highest BCUT2D eigenvalue weighted by atomic mass is 16.6. The lowest BCUT2D eigenvalue weighted by molar-refractivity contribution is -0.0594. The van der Waals surface area contributed by atoms with Gasteiger partial charge in [-0.15, -0.1) is 5.10 Å². The summed E-state index contributed by atoms with van der Waals surface area (Å²) >= 11 is 0. The van der Waals surface area contributed by atoms with Gasteiger partial charge in [0.1, 0.15) is 18.3 Å². The van der Waals surface area contributed by atoms with E-state index in [0.29, 0.717) is 36.2 Å². The van der Waals surface area contributed by atoms with Crippen molar-refractivity contribution < 1.29 is 20.1 Å². The van der Waals surface area contributed by atoms with Crippen LogP contribution in [0.4, 0.5) is 0 Å². The number of ether oxygens (including phenoxy) is 1. The lowest BCUT2D eigenvalue weighted by Crippen LogP contribution is -2.33. The Kier molecular flexibility index (Phi) is 5.32. The smallest absolute Gasteiger partial charge is 0.325 e. The van der Waals surface area contributed by atoms with Crippen LogP contribution in [-0.4, -0.2) is 65.2 Å². The second-order valence-electron chi connectivity index (χ2n) is 6.28. The number of aromatic nitrogens is 5. The molecular formula is C15H21N5O6. The molecule has 0 saturated carbocycles. The van der Waals surface area contributed by atoms with Crippen LogP contribution in [0.1, 0.15) is 29.6 Å². The van der Waals surface area contributed by atoms with Gasteiger partial charge in [-0.05, 0) is 26.2 Å². The average Bonchev–Trinajstić information content (AvgIpc) is 3.16. The van der Waals surface area contributed by atoms with Crippen molar-refractivity contribution in [1.29, 1.82) is 0 Å². The normalized spacial score (nSPS) is 25.7. The predicted molar refractivity (Wildman–Crippen MR) is 87.5 cm³/mol. The maximum atomic E-state index is 11.8. The molecular weight excluding hydrogens is 346 g/mol. The Bertz CT molecular complexity index is 874. The minimum atomic E-state index is -1.22. The zero-order chi connectivity index (χ0) is 18.8. The third kappa shape index (κ3) is 3.60. The number of aliphatic hydroxyl groups is 3. The number of aliphatic hydroxyl groups excluding tert-OH is 3. The predicted octanol–water partition coefficient (Wildman–Crippen LogP) is -2.25. The molecule has 5 N–H and O–H groups in total. The molecule has 0 spiro atoms. The second-order valence-corrected chi connectivity index (χ2v) is 6.28. The van der Waals surface area contributed by atoms with Crippen LogP contribution in [0.3, 0.4) is 0 Å². The van der Waals surface area contributed by atoms with Gasteiger partial charge in [-0.2, -0.15) is 0 Å². The molecule has 3 rings (SSSR count). The highest BCUT2D eigenvalue weighted by Gasteiger charge is 2.43. The molecule has 11 heteroatoms. The largest absolute Gasteiger partial charge is 0.394 e. The third-order valence-corrected chi connectivity index (χ3v) is 4.45. The van der Waals surface area contributed by atoms with Gasteiger partial charge in [-0.1, -0.05) is 5.21 Å². The SMILES string of the molecule is Cc1[nH]c(=O)[nH]c(=O)c1CCCc1cn(C2OC(CO)C(O)C2O)nn1. The van der Waals surface area contributed by atoms with Gasteiger partial charge in [0.25, 0.3) is 5.56 Å². The molecule has 0 radical (unpaired) electrons. The fraction of sp³-hybridized carbons (Fsp3) is 0.600. The van der Waals surface area contributed by atoms with Crippen molar-refractivity contribution in [2.24, 2.45) is 0 Å². The van der Waals surface area contributed by atoms with Gasteiger partial charge in [0, 0.05) is 11.3 Å². The van der Waals surface area contributed by atoms with E-state index in [4.69, 9.17) is 9.84 Å². The van der Waals surface area contributed by atoms with E-state index >= 15 is 0 Å². The van der Waals surface area contributed by atoms with E-state index < -0.39 is 42.4 Å². The molecule has 1 aliphatic rings. The number of nitrogens with zero attached hydrogens (tertiary/aromatic N) is 3. The first-order valence-corrected chi connectivity index (χ1v) is 8.26. The highest BCUT2D eigenvalue weighted by Crippen LogP contribution is 2.28. The summed E-state index contributed by atoms with van der Waals surface area (Å²) in [4.78, 5) is 27.8. The number of nitrogens with one attached hydrogen (secondary N) is 2. The van der Waals surface area contributed by atoms with Crippen LogP contribution in [0.2, 0.25) is 0 Å². The van der Waals surface area contributed by atoms with E-state index in [1.807, 2.05) is 0 Å². The van der Waals surface area contributed by atoms with Gasteiger partial charge in [-0.3, -0.25) is 9.78 Å². The number of aryl methyl sites for hydroxylation is 2. The van der Waals surface area contributed by atoms with Gasteiger partial charge in [0.15, 0.2) is 6.23 Å². The fourth-order valence-electron chi connectivity index (χ4n) is 3.02. The molecule has 2 aromatic heterocycles. The molecule has 1 aliphatic heterocycles. The Morgan fingerprint density at radius 3 is 2.65 bits per heavy atom. The van der Waals surface area contributed by atoms with Crippen molar-refractivity contribution in [3.05, 3.63) is 44.0 Å². The number of hydrogen-bond acceptors (Lipinski definition) is 8. The van der Waals surface area contributed by atoms with E-state index in [9.17, 15) is 19.8 Å². The van der Waals surface area contributed by atoms with E-state index in [1.54, 1.807) is 13.1 Å². The minimum absolute atomic E-state index is 0.401. The van der Waals surface area contributed by atoms with E-state index in [0.717, 1.165) is 0 Å². The van der Waals surface area contributed by atoms with E-state index in [1.165, 1.54) is 4.68 Å². The summed E-state index contributed by atoms with van der Waals surface area (Å²) in [5.41, 5.74) is 0.745. The molecule has 0 aromatic carbocycles. The number of aromatic amines is 2. The molecule has 11 nitrogen and oxygen atoms in total. The van der Waals surface area contributed by atoms with Crippen LogP contribution in [-0.2, 0) is 17.6 Å². The van der Waals surface area contributed by atoms with Crippen molar-refractivity contribution in [3.8, 4) is 0 Å². The monoisotopic (exact) mass is 367 g/mol. The average molecular weight is 367 g/mol. The quantitative estimate of drug-likeness (QED) is 0.382. The Hall–Kier alpha value is -2.34. The van der Waals surface area contributed by atoms with Crippen LogP contribution < -0.4 is 11.2 Å². The first-order valence-electron chi connectivity index (χ1n) is 8.26. The maximum Gasteiger partial charge on any atom is 0.325 e.